The summed E-state index contributed by atoms with van der Waals surface area (Å²) in [4.78, 5) is 4.36. The van der Waals surface area contributed by atoms with Gasteiger partial charge < -0.3 is 10.6 Å². The molecule has 2 aromatic rings. The fourth-order valence-electron chi connectivity index (χ4n) is 1.89. The van der Waals surface area contributed by atoms with Crippen LogP contribution in [0.15, 0.2) is 24.4 Å². The Morgan fingerprint density at radius 2 is 2.00 bits per heavy atom. The van der Waals surface area contributed by atoms with Crippen LogP contribution < -0.4 is 10.6 Å². The highest BCUT2D eigenvalue weighted by Crippen LogP contribution is 2.21. The maximum Gasteiger partial charge on any atom is 0.244 e. The third-order valence-electron chi connectivity index (χ3n) is 3.09. The van der Waals surface area contributed by atoms with E-state index in [2.05, 4.69) is 32.7 Å². The van der Waals surface area contributed by atoms with Crippen molar-refractivity contribution in [3.05, 3.63) is 40.0 Å². The van der Waals surface area contributed by atoms with Gasteiger partial charge in [-0.05, 0) is 30.5 Å². The molecule has 2 rings (SSSR count). The molecule has 0 saturated heterocycles. The number of rotatable bonds is 8. The average Bonchev–Trinajstić information content (AvgIpc) is 2.50. The molecule has 0 atom stereocenters. The molecule has 0 saturated carbocycles. The predicted octanol–water partition coefficient (Wildman–Crippen LogP) is 4.05. The quantitative estimate of drug-likeness (QED) is 0.710. The molecule has 0 amide bonds. The van der Waals surface area contributed by atoms with Crippen molar-refractivity contribution in [2.75, 3.05) is 23.7 Å². The largest absolute Gasteiger partial charge is 0.368 e. The van der Waals surface area contributed by atoms with Crippen molar-refractivity contribution in [2.24, 2.45) is 0 Å². The van der Waals surface area contributed by atoms with Gasteiger partial charge in [0.25, 0.3) is 0 Å². The number of benzene rings is 1. The third-order valence-corrected chi connectivity index (χ3v) is 3.67. The molecule has 1 aromatic heterocycles. The van der Waals surface area contributed by atoms with Gasteiger partial charge >= 0.3 is 0 Å². The van der Waals surface area contributed by atoms with E-state index < -0.39 is 0 Å². The lowest BCUT2D eigenvalue weighted by molar-refractivity contribution is 0.818. The van der Waals surface area contributed by atoms with E-state index in [1.54, 1.807) is 12.3 Å². The topological polar surface area (TPSA) is 62.7 Å². The fraction of sp³-hybridized carbons (Fsp3) is 0.400. The highest BCUT2D eigenvalue weighted by Gasteiger charge is 2.03. The lowest BCUT2D eigenvalue weighted by Crippen LogP contribution is -2.11. The summed E-state index contributed by atoms with van der Waals surface area (Å²) in [5, 5.41) is 15.6. The van der Waals surface area contributed by atoms with Crippen LogP contribution >= 0.6 is 23.2 Å². The van der Waals surface area contributed by atoms with E-state index in [1.807, 2.05) is 12.1 Å². The number of nitrogens with one attached hydrogen (secondary N) is 2. The van der Waals surface area contributed by atoms with Gasteiger partial charge in [-0.3, -0.25) is 0 Å². The monoisotopic (exact) mass is 339 g/mol. The van der Waals surface area contributed by atoms with Crippen LogP contribution in [-0.4, -0.2) is 28.3 Å². The molecule has 1 heterocycles. The molecular weight excluding hydrogens is 321 g/mol. The Morgan fingerprint density at radius 3 is 2.77 bits per heavy atom. The Balaban J connectivity index is 1.84. The summed E-state index contributed by atoms with van der Waals surface area (Å²) in [6, 6.07) is 5.52. The van der Waals surface area contributed by atoms with Gasteiger partial charge in [0.05, 0.1) is 6.20 Å². The molecule has 0 unspecified atom stereocenters. The Hall–Kier alpha value is -1.59. The minimum Gasteiger partial charge on any atom is -0.368 e. The first-order valence-corrected chi connectivity index (χ1v) is 8.06. The van der Waals surface area contributed by atoms with Crippen molar-refractivity contribution < 1.29 is 0 Å². The van der Waals surface area contributed by atoms with Crippen LogP contribution in [-0.2, 0) is 6.42 Å². The van der Waals surface area contributed by atoms with Crippen molar-refractivity contribution in [2.45, 2.75) is 26.2 Å². The first-order valence-electron chi connectivity index (χ1n) is 7.30. The number of nitrogens with zero attached hydrogens (tertiary/aromatic N) is 3. The maximum absolute atomic E-state index is 6.15. The van der Waals surface area contributed by atoms with E-state index in [0.717, 1.165) is 31.4 Å². The van der Waals surface area contributed by atoms with Gasteiger partial charge in [-0.15, -0.1) is 5.10 Å². The van der Waals surface area contributed by atoms with Gasteiger partial charge in [0.2, 0.25) is 5.95 Å². The molecule has 0 spiro atoms. The number of anilines is 2. The molecular formula is C15H19Cl2N5. The van der Waals surface area contributed by atoms with E-state index in [-0.39, 0.29) is 0 Å². The molecule has 0 aliphatic rings. The van der Waals surface area contributed by atoms with Crippen molar-refractivity contribution in [3.8, 4) is 0 Å². The molecule has 0 aliphatic heterocycles. The zero-order valence-corrected chi connectivity index (χ0v) is 14.0. The molecule has 0 radical (unpaired) electrons. The van der Waals surface area contributed by atoms with E-state index in [9.17, 15) is 0 Å². The summed E-state index contributed by atoms with van der Waals surface area (Å²) >= 11 is 12.0. The second-order valence-corrected chi connectivity index (χ2v) is 5.70. The molecule has 0 bridgehead atoms. The van der Waals surface area contributed by atoms with Crippen LogP contribution in [0.25, 0.3) is 0 Å². The molecule has 22 heavy (non-hydrogen) atoms. The number of aromatic nitrogens is 3. The SMILES string of the molecule is CCCCNc1nncc(NCCc2ccc(Cl)cc2Cl)n1. The van der Waals surface area contributed by atoms with Gasteiger partial charge in [-0.1, -0.05) is 42.6 Å². The first-order chi connectivity index (χ1) is 10.7. The molecule has 5 nitrogen and oxygen atoms in total. The first kappa shape index (κ1) is 16.8. The van der Waals surface area contributed by atoms with E-state index in [0.29, 0.717) is 28.4 Å². The van der Waals surface area contributed by atoms with Crippen LogP contribution in [0.5, 0.6) is 0 Å². The summed E-state index contributed by atoms with van der Waals surface area (Å²) < 4.78 is 0. The van der Waals surface area contributed by atoms with Crippen molar-refractivity contribution in [1.82, 2.24) is 15.2 Å². The van der Waals surface area contributed by atoms with Gasteiger partial charge in [-0.25, -0.2) is 0 Å². The van der Waals surface area contributed by atoms with Crippen molar-refractivity contribution >= 4 is 35.0 Å². The highest BCUT2D eigenvalue weighted by molar-refractivity contribution is 6.35. The Bertz CT molecular complexity index is 606. The summed E-state index contributed by atoms with van der Waals surface area (Å²) in [7, 11) is 0. The molecule has 7 heteroatoms. The van der Waals surface area contributed by atoms with Crippen LogP contribution in [0.2, 0.25) is 10.0 Å². The number of halogens is 2. The lowest BCUT2D eigenvalue weighted by Gasteiger charge is -2.08. The van der Waals surface area contributed by atoms with Gasteiger partial charge in [0, 0.05) is 23.1 Å². The smallest absolute Gasteiger partial charge is 0.244 e. The molecule has 0 fully saturated rings. The number of hydrogen-bond acceptors (Lipinski definition) is 5. The molecule has 118 valence electrons. The van der Waals surface area contributed by atoms with Crippen LogP contribution in [0, 0.1) is 0 Å². The minimum atomic E-state index is 0.544. The Labute approximate surface area is 140 Å². The second-order valence-electron chi connectivity index (χ2n) is 4.86. The summed E-state index contributed by atoms with van der Waals surface area (Å²) in [5.41, 5.74) is 1.04. The average molecular weight is 340 g/mol. The fourth-order valence-corrected chi connectivity index (χ4v) is 2.39. The number of hydrogen-bond donors (Lipinski definition) is 2. The summed E-state index contributed by atoms with van der Waals surface area (Å²) in [6.45, 7) is 3.69. The van der Waals surface area contributed by atoms with Crippen LogP contribution in [0.4, 0.5) is 11.8 Å². The van der Waals surface area contributed by atoms with Crippen molar-refractivity contribution in [1.29, 1.82) is 0 Å². The summed E-state index contributed by atoms with van der Waals surface area (Å²) in [6.07, 6.45) is 4.59. The Kier molecular flexibility index (Phi) is 6.68. The van der Waals surface area contributed by atoms with E-state index in [4.69, 9.17) is 23.2 Å². The van der Waals surface area contributed by atoms with Gasteiger partial charge in [-0.2, -0.15) is 10.1 Å². The van der Waals surface area contributed by atoms with Gasteiger partial charge in [0.15, 0.2) is 5.82 Å². The molecule has 1 aromatic carbocycles. The summed E-state index contributed by atoms with van der Waals surface area (Å²) in [5.74, 6) is 1.24. The zero-order valence-electron chi connectivity index (χ0n) is 12.4. The highest BCUT2D eigenvalue weighted by atomic mass is 35.5. The minimum absolute atomic E-state index is 0.544. The maximum atomic E-state index is 6.15. The predicted molar refractivity (Wildman–Crippen MR) is 91.9 cm³/mol. The van der Waals surface area contributed by atoms with Gasteiger partial charge in [0.1, 0.15) is 0 Å². The van der Waals surface area contributed by atoms with E-state index in [1.165, 1.54) is 0 Å². The Morgan fingerprint density at radius 1 is 1.14 bits per heavy atom. The normalized spacial score (nSPS) is 10.5. The molecule has 2 N–H and O–H groups in total. The second kappa shape index (κ2) is 8.76. The zero-order chi connectivity index (χ0) is 15.8. The standard InChI is InChI=1S/C15H19Cl2N5/c1-2-3-7-19-15-21-14(10-20-22-15)18-8-6-11-4-5-12(16)9-13(11)17/h4-5,9-10H,2-3,6-8H2,1H3,(H2,18,19,21,22). The van der Waals surface area contributed by atoms with Crippen molar-refractivity contribution in [3.63, 3.8) is 0 Å². The number of unbranched alkanes of at least 4 members (excludes halogenated alkanes) is 1. The van der Waals surface area contributed by atoms with E-state index >= 15 is 0 Å². The lowest BCUT2D eigenvalue weighted by atomic mass is 10.1. The third kappa shape index (κ3) is 5.31. The van der Waals surface area contributed by atoms with Crippen LogP contribution in [0.1, 0.15) is 25.3 Å². The molecule has 0 aliphatic carbocycles. The van der Waals surface area contributed by atoms with Crippen LogP contribution in [0.3, 0.4) is 0 Å².